The Morgan fingerprint density at radius 2 is 1.86 bits per heavy atom. The summed E-state index contributed by atoms with van der Waals surface area (Å²) in [7, 11) is 0. The van der Waals surface area contributed by atoms with E-state index in [1.165, 1.54) is 4.88 Å². The Morgan fingerprint density at radius 1 is 1.04 bits per heavy atom. The zero-order valence-corrected chi connectivity index (χ0v) is 16.9. The number of thiophene rings is 2. The summed E-state index contributed by atoms with van der Waals surface area (Å²) in [6.07, 6.45) is 1.77. The van der Waals surface area contributed by atoms with Gasteiger partial charge in [-0.15, -0.1) is 22.7 Å². The highest BCUT2D eigenvalue weighted by Crippen LogP contribution is 2.38. The van der Waals surface area contributed by atoms with Crippen LogP contribution in [0.5, 0.6) is 0 Å². The Hall–Kier alpha value is -2.96. The van der Waals surface area contributed by atoms with Gasteiger partial charge in [-0.2, -0.15) is 0 Å². The van der Waals surface area contributed by atoms with E-state index in [1.807, 2.05) is 54.6 Å². The van der Waals surface area contributed by atoms with Gasteiger partial charge < -0.3 is 10.6 Å². The van der Waals surface area contributed by atoms with Crippen LogP contribution in [0.15, 0.2) is 78.3 Å². The number of aromatic nitrogens is 1. The molecular formula is C22H19N3OS2. The fourth-order valence-electron chi connectivity index (χ4n) is 2.96. The van der Waals surface area contributed by atoms with Crippen LogP contribution in [-0.2, 0) is 0 Å². The molecule has 0 saturated carbocycles. The lowest BCUT2D eigenvalue weighted by Gasteiger charge is -2.19. The molecule has 0 aliphatic rings. The van der Waals surface area contributed by atoms with Crippen LogP contribution in [0.2, 0.25) is 0 Å². The van der Waals surface area contributed by atoms with Crippen LogP contribution in [0.25, 0.3) is 0 Å². The molecule has 0 saturated heterocycles. The van der Waals surface area contributed by atoms with Crippen molar-refractivity contribution in [3.8, 4) is 0 Å². The number of hydrogen-bond acceptors (Lipinski definition) is 5. The first kappa shape index (κ1) is 18.4. The quantitative estimate of drug-likeness (QED) is 0.416. The maximum Gasteiger partial charge on any atom is 0.256 e. The second kappa shape index (κ2) is 8.37. The molecule has 140 valence electrons. The zero-order chi connectivity index (χ0) is 19.3. The number of carbonyl (C=O) groups excluding carboxylic acids is 1. The lowest BCUT2D eigenvalue weighted by Crippen LogP contribution is -2.16. The molecule has 0 aliphatic heterocycles. The number of hydrogen-bond donors (Lipinski definition) is 2. The minimum atomic E-state index is -0.105. The summed E-state index contributed by atoms with van der Waals surface area (Å²) in [4.78, 5) is 19.4. The van der Waals surface area contributed by atoms with Gasteiger partial charge in [0.05, 0.1) is 6.04 Å². The normalized spacial score (nSPS) is 11.8. The summed E-state index contributed by atoms with van der Waals surface area (Å²) in [5.74, 6) is 0.691. The molecule has 0 fully saturated rings. The monoisotopic (exact) mass is 405 g/mol. The molecule has 4 nitrogen and oxygen atoms in total. The highest BCUT2D eigenvalue weighted by atomic mass is 32.1. The third-order valence-electron chi connectivity index (χ3n) is 4.24. The fraction of sp³-hybridized carbons (Fsp3) is 0.0909. The molecule has 0 radical (unpaired) electrons. The van der Waals surface area contributed by atoms with Crippen molar-refractivity contribution in [2.45, 2.75) is 13.0 Å². The molecular weight excluding hydrogens is 386 g/mol. The molecule has 4 rings (SSSR count). The summed E-state index contributed by atoms with van der Waals surface area (Å²) in [6, 6.07) is 21.2. The van der Waals surface area contributed by atoms with E-state index < -0.39 is 0 Å². The van der Waals surface area contributed by atoms with Crippen molar-refractivity contribution < 1.29 is 4.79 Å². The molecule has 3 heterocycles. The van der Waals surface area contributed by atoms with E-state index in [0.29, 0.717) is 5.56 Å². The molecule has 3 aromatic heterocycles. The van der Waals surface area contributed by atoms with Crippen LogP contribution in [-0.4, -0.2) is 10.9 Å². The van der Waals surface area contributed by atoms with Crippen molar-refractivity contribution in [3.05, 3.63) is 99.2 Å². The lowest BCUT2D eigenvalue weighted by atomic mass is 10.1. The number of nitrogens with one attached hydrogen (secondary N) is 2. The van der Waals surface area contributed by atoms with Gasteiger partial charge in [-0.1, -0.05) is 30.3 Å². The number of pyridine rings is 1. The van der Waals surface area contributed by atoms with Gasteiger partial charge in [0, 0.05) is 27.1 Å². The smallest absolute Gasteiger partial charge is 0.256 e. The number of nitrogens with zero attached hydrogens (tertiary/aromatic N) is 1. The van der Waals surface area contributed by atoms with Crippen LogP contribution < -0.4 is 10.6 Å². The van der Waals surface area contributed by atoms with Crippen molar-refractivity contribution in [3.63, 3.8) is 0 Å². The maximum absolute atomic E-state index is 12.7. The molecule has 0 unspecified atom stereocenters. The predicted molar refractivity (Wildman–Crippen MR) is 117 cm³/mol. The van der Waals surface area contributed by atoms with Gasteiger partial charge >= 0.3 is 0 Å². The van der Waals surface area contributed by atoms with Crippen LogP contribution in [0.4, 0.5) is 10.8 Å². The standard InChI is InChI=1S/C22H19N3OS2/c1-15-14-17(22(28-15)25-21(26)16-8-3-2-4-9-16)20(18-10-7-13-27-18)24-19-11-5-6-12-23-19/h2-14,20H,1H3,(H,23,24)(H,25,26)/t20-/m1/s1. The van der Waals surface area contributed by atoms with E-state index in [0.717, 1.165) is 21.3 Å². The molecule has 1 atom stereocenters. The van der Waals surface area contributed by atoms with Gasteiger partial charge in [0.2, 0.25) is 0 Å². The highest BCUT2D eigenvalue weighted by Gasteiger charge is 2.22. The molecule has 6 heteroatoms. The van der Waals surface area contributed by atoms with Crippen LogP contribution in [0.3, 0.4) is 0 Å². The van der Waals surface area contributed by atoms with E-state index in [2.05, 4.69) is 40.1 Å². The Labute approximate surface area is 171 Å². The largest absolute Gasteiger partial charge is 0.358 e. The average molecular weight is 406 g/mol. The summed E-state index contributed by atoms with van der Waals surface area (Å²) in [5, 5.41) is 9.53. The van der Waals surface area contributed by atoms with Crippen LogP contribution >= 0.6 is 22.7 Å². The van der Waals surface area contributed by atoms with Crippen molar-refractivity contribution in [2.75, 3.05) is 10.6 Å². The van der Waals surface area contributed by atoms with Crippen LogP contribution in [0, 0.1) is 6.92 Å². The first-order chi connectivity index (χ1) is 13.7. The highest BCUT2D eigenvalue weighted by molar-refractivity contribution is 7.16. The molecule has 0 spiro atoms. The molecule has 1 aromatic carbocycles. The predicted octanol–water partition coefficient (Wildman–Crippen LogP) is 5.97. The van der Waals surface area contributed by atoms with Gasteiger partial charge in [0.1, 0.15) is 10.8 Å². The number of rotatable bonds is 6. The third kappa shape index (κ3) is 4.13. The fourth-order valence-corrected chi connectivity index (χ4v) is 4.70. The van der Waals surface area contributed by atoms with Crippen molar-refractivity contribution in [2.24, 2.45) is 0 Å². The second-order valence-electron chi connectivity index (χ2n) is 6.27. The molecule has 0 bridgehead atoms. The molecule has 0 aliphatic carbocycles. The topological polar surface area (TPSA) is 54.0 Å². The number of amides is 1. The summed E-state index contributed by atoms with van der Waals surface area (Å²) < 4.78 is 0. The van der Waals surface area contributed by atoms with Gasteiger partial charge in [-0.05, 0) is 48.7 Å². The zero-order valence-electron chi connectivity index (χ0n) is 15.3. The van der Waals surface area contributed by atoms with E-state index in [4.69, 9.17) is 0 Å². The number of benzene rings is 1. The Kier molecular flexibility index (Phi) is 5.50. The van der Waals surface area contributed by atoms with E-state index in [9.17, 15) is 4.79 Å². The van der Waals surface area contributed by atoms with Gasteiger partial charge in [0.15, 0.2) is 0 Å². The van der Waals surface area contributed by atoms with Crippen molar-refractivity contribution >= 4 is 39.4 Å². The molecule has 2 N–H and O–H groups in total. The lowest BCUT2D eigenvalue weighted by molar-refractivity contribution is 0.102. The first-order valence-corrected chi connectivity index (χ1v) is 10.6. The van der Waals surface area contributed by atoms with E-state index in [-0.39, 0.29) is 11.9 Å². The molecule has 1 amide bonds. The summed E-state index contributed by atoms with van der Waals surface area (Å²) in [6.45, 7) is 2.05. The minimum Gasteiger partial charge on any atom is -0.358 e. The third-order valence-corrected chi connectivity index (χ3v) is 6.16. The Morgan fingerprint density at radius 3 is 2.57 bits per heavy atom. The molecule has 4 aromatic rings. The minimum absolute atomic E-state index is 0.0917. The summed E-state index contributed by atoms with van der Waals surface area (Å²) >= 11 is 3.27. The Bertz CT molecular complexity index is 1040. The number of anilines is 2. The first-order valence-electron chi connectivity index (χ1n) is 8.88. The van der Waals surface area contributed by atoms with Gasteiger partial charge in [-0.25, -0.2) is 4.98 Å². The summed E-state index contributed by atoms with van der Waals surface area (Å²) in [5.41, 5.74) is 1.68. The van der Waals surface area contributed by atoms with Gasteiger partial charge in [-0.3, -0.25) is 4.79 Å². The van der Waals surface area contributed by atoms with Gasteiger partial charge in [0.25, 0.3) is 5.91 Å². The van der Waals surface area contributed by atoms with E-state index >= 15 is 0 Å². The van der Waals surface area contributed by atoms with Crippen molar-refractivity contribution in [1.82, 2.24) is 4.98 Å². The second-order valence-corrected chi connectivity index (χ2v) is 8.51. The van der Waals surface area contributed by atoms with E-state index in [1.54, 1.807) is 28.9 Å². The number of carbonyl (C=O) groups is 1. The SMILES string of the molecule is Cc1cc([C@@H](Nc2ccccn2)c2cccs2)c(NC(=O)c2ccccc2)s1. The molecule has 28 heavy (non-hydrogen) atoms. The average Bonchev–Trinajstić information content (AvgIpc) is 3.38. The Balaban J connectivity index is 1.68. The maximum atomic E-state index is 12.7. The van der Waals surface area contributed by atoms with Crippen molar-refractivity contribution in [1.29, 1.82) is 0 Å². The van der Waals surface area contributed by atoms with Crippen LogP contribution in [0.1, 0.15) is 31.7 Å². The number of aryl methyl sites for hydroxylation is 1.